The Bertz CT molecular complexity index is 698. The van der Waals surface area contributed by atoms with E-state index >= 15 is 0 Å². The molecule has 2 aromatic rings. The summed E-state index contributed by atoms with van der Waals surface area (Å²) >= 11 is 6.04. The summed E-state index contributed by atoms with van der Waals surface area (Å²) < 4.78 is 0. The van der Waals surface area contributed by atoms with E-state index in [1.165, 1.54) is 0 Å². The van der Waals surface area contributed by atoms with Crippen molar-refractivity contribution in [3.63, 3.8) is 0 Å². The van der Waals surface area contributed by atoms with Gasteiger partial charge < -0.3 is 10.2 Å². The number of likely N-dealkylation sites (tertiary alicyclic amines) is 1. The highest BCUT2D eigenvalue weighted by atomic mass is 35.5. The molecular formula is C17H19ClN4O. The molecule has 5 nitrogen and oxygen atoms in total. The summed E-state index contributed by atoms with van der Waals surface area (Å²) in [4.78, 5) is 21.9. The van der Waals surface area contributed by atoms with Crippen molar-refractivity contribution in [3.8, 4) is 11.3 Å². The van der Waals surface area contributed by atoms with Crippen LogP contribution in [0.5, 0.6) is 0 Å². The van der Waals surface area contributed by atoms with E-state index in [0.29, 0.717) is 11.1 Å². The number of carbonyl (C=O) groups is 1. The highest BCUT2D eigenvalue weighted by Crippen LogP contribution is 2.23. The molecule has 23 heavy (non-hydrogen) atoms. The average molecular weight is 331 g/mol. The fourth-order valence-corrected chi connectivity index (χ4v) is 2.98. The number of hydrogen-bond donors (Lipinski definition) is 1. The fraction of sp³-hybridized carbons (Fsp3) is 0.353. The molecule has 6 heteroatoms. The Hall–Kier alpha value is -2.14. The summed E-state index contributed by atoms with van der Waals surface area (Å²) in [6.07, 6.45) is 3.41. The minimum absolute atomic E-state index is 0.147. The maximum Gasteiger partial charge on any atom is 0.219 e. The highest BCUT2D eigenvalue weighted by Gasteiger charge is 2.20. The Morgan fingerprint density at radius 1 is 1.26 bits per heavy atom. The first kappa shape index (κ1) is 15.7. The van der Waals surface area contributed by atoms with E-state index in [9.17, 15) is 4.79 Å². The molecule has 0 atom stereocenters. The van der Waals surface area contributed by atoms with Crippen LogP contribution >= 0.6 is 11.6 Å². The number of amides is 1. The second-order valence-electron chi connectivity index (χ2n) is 5.72. The standard InChI is InChI=1S/C17H19ClN4O/c1-12(23)22-7-5-15(6-8-22)21-17-10-16(19-11-20-17)13-3-2-4-14(18)9-13/h2-4,9-11,15H,5-8H2,1H3,(H,19,20,21). The van der Waals surface area contributed by atoms with Crippen molar-refractivity contribution in [3.05, 3.63) is 41.7 Å². The van der Waals surface area contributed by atoms with E-state index in [4.69, 9.17) is 11.6 Å². The van der Waals surface area contributed by atoms with Gasteiger partial charge in [0.15, 0.2) is 0 Å². The molecule has 0 unspecified atom stereocenters. The number of piperidine rings is 1. The number of aromatic nitrogens is 2. The van der Waals surface area contributed by atoms with Gasteiger partial charge in [-0.15, -0.1) is 0 Å². The zero-order valence-electron chi connectivity index (χ0n) is 13.0. The van der Waals surface area contributed by atoms with Gasteiger partial charge in [-0.1, -0.05) is 23.7 Å². The van der Waals surface area contributed by atoms with E-state index < -0.39 is 0 Å². The second kappa shape index (κ2) is 6.96. The third-order valence-corrected chi connectivity index (χ3v) is 4.31. The van der Waals surface area contributed by atoms with Crippen LogP contribution in [0.15, 0.2) is 36.7 Å². The molecule has 1 aromatic heterocycles. The molecule has 2 heterocycles. The molecule has 0 radical (unpaired) electrons. The fourth-order valence-electron chi connectivity index (χ4n) is 2.79. The maximum absolute atomic E-state index is 11.4. The van der Waals surface area contributed by atoms with Crippen LogP contribution in [-0.2, 0) is 4.79 Å². The van der Waals surface area contributed by atoms with Gasteiger partial charge in [-0.2, -0.15) is 0 Å². The van der Waals surface area contributed by atoms with Gasteiger partial charge in [-0.25, -0.2) is 9.97 Å². The topological polar surface area (TPSA) is 58.1 Å². The van der Waals surface area contributed by atoms with Crippen molar-refractivity contribution in [2.75, 3.05) is 18.4 Å². The lowest BCUT2D eigenvalue weighted by Gasteiger charge is -2.31. The number of benzene rings is 1. The molecule has 1 aliphatic rings. The summed E-state index contributed by atoms with van der Waals surface area (Å²) in [7, 11) is 0. The Morgan fingerprint density at radius 3 is 2.74 bits per heavy atom. The van der Waals surface area contributed by atoms with E-state index in [1.54, 1.807) is 13.3 Å². The molecular weight excluding hydrogens is 312 g/mol. The summed E-state index contributed by atoms with van der Waals surface area (Å²) in [6, 6.07) is 9.87. The lowest BCUT2D eigenvalue weighted by Crippen LogP contribution is -2.41. The Labute approximate surface area is 140 Å². The third-order valence-electron chi connectivity index (χ3n) is 4.08. The number of rotatable bonds is 3. The normalized spacial score (nSPS) is 15.5. The van der Waals surface area contributed by atoms with Crippen LogP contribution in [0.4, 0.5) is 5.82 Å². The van der Waals surface area contributed by atoms with Gasteiger partial charge in [-0.05, 0) is 25.0 Å². The number of carbonyl (C=O) groups excluding carboxylic acids is 1. The predicted octanol–water partition coefficient (Wildman–Crippen LogP) is 3.22. The number of halogens is 1. The van der Waals surface area contributed by atoms with Crippen molar-refractivity contribution in [2.45, 2.75) is 25.8 Å². The quantitative estimate of drug-likeness (QED) is 0.938. The van der Waals surface area contributed by atoms with Gasteiger partial charge in [0.1, 0.15) is 12.1 Å². The highest BCUT2D eigenvalue weighted by molar-refractivity contribution is 6.30. The van der Waals surface area contributed by atoms with Crippen LogP contribution < -0.4 is 5.32 Å². The lowest BCUT2D eigenvalue weighted by atomic mass is 10.0. The van der Waals surface area contributed by atoms with Crippen LogP contribution in [0, 0.1) is 0 Å². The van der Waals surface area contributed by atoms with E-state index in [0.717, 1.165) is 43.0 Å². The summed E-state index contributed by atoms with van der Waals surface area (Å²) in [6.45, 7) is 3.20. The van der Waals surface area contributed by atoms with Crippen LogP contribution in [-0.4, -0.2) is 39.9 Å². The molecule has 0 bridgehead atoms. The van der Waals surface area contributed by atoms with Gasteiger partial charge in [0, 0.05) is 42.7 Å². The van der Waals surface area contributed by atoms with E-state index in [1.807, 2.05) is 35.2 Å². The van der Waals surface area contributed by atoms with E-state index in [2.05, 4.69) is 15.3 Å². The van der Waals surface area contributed by atoms with Crippen molar-refractivity contribution >= 4 is 23.3 Å². The molecule has 3 rings (SSSR count). The van der Waals surface area contributed by atoms with Crippen molar-refractivity contribution < 1.29 is 4.79 Å². The molecule has 0 saturated carbocycles. The van der Waals surface area contributed by atoms with Crippen LogP contribution in [0.25, 0.3) is 11.3 Å². The lowest BCUT2D eigenvalue weighted by molar-refractivity contribution is -0.129. The molecule has 1 fully saturated rings. The molecule has 1 N–H and O–H groups in total. The molecule has 0 spiro atoms. The van der Waals surface area contributed by atoms with Crippen LogP contribution in [0.2, 0.25) is 5.02 Å². The van der Waals surface area contributed by atoms with Crippen molar-refractivity contribution in [1.29, 1.82) is 0 Å². The molecule has 1 aromatic carbocycles. The SMILES string of the molecule is CC(=O)N1CCC(Nc2cc(-c3cccc(Cl)c3)ncn2)CC1. The minimum atomic E-state index is 0.147. The molecule has 0 aliphatic carbocycles. The van der Waals surface area contributed by atoms with Gasteiger partial charge in [0.25, 0.3) is 0 Å². The zero-order chi connectivity index (χ0) is 16.2. The van der Waals surface area contributed by atoms with Crippen LogP contribution in [0.1, 0.15) is 19.8 Å². The van der Waals surface area contributed by atoms with Crippen LogP contribution in [0.3, 0.4) is 0 Å². The first-order valence-electron chi connectivity index (χ1n) is 7.72. The zero-order valence-corrected chi connectivity index (χ0v) is 13.8. The van der Waals surface area contributed by atoms with Crippen molar-refractivity contribution in [1.82, 2.24) is 14.9 Å². The Morgan fingerprint density at radius 2 is 2.04 bits per heavy atom. The number of nitrogens with one attached hydrogen (secondary N) is 1. The molecule has 1 amide bonds. The number of nitrogens with zero attached hydrogens (tertiary/aromatic N) is 3. The average Bonchev–Trinajstić information content (AvgIpc) is 2.56. The van der Waals surface area contributed by atoms with Gasteiger partial charge in [-0.3, -0.25) is 4.79 Å². The first-order valence-corrected chi connectivity index (χ1v) is 8.09. The minimum Gasteiger partial charge on any atom is -0.367 e. The van der Waals surface area contributed by atoms with Gasteiger partial charge in [0.2, 0.25) is 5.91 Å². The summed E-state index contributed by atoms with van der Waals surface area (Å²) in [5, 5.41) is 4.13. The molecule has 1 aliphatic heterocycles. The number of hydrogen-bond acceptors (Lipinski definition) is 4. The first-order chi connectivity index (χ1) is 11.1. The van der Waals surface area contributed by atoms with Crippen molar-refractivity contribution in [2.24, 2.45) is 0 Å². The van der Waals surface area contributed by atoms with Gasteiger partial charge in [0.05, 0.1) is 5.69 Å². The predicted molar refractivity (Wildman–Crippen MR) is 91.4 cm³/mol. The number of anilines is 1. The second-order valence-corrected chi connectivity index (χ2v) is 6.16. The molecule has 120 valence electrons. The largest absolute Gasteiger partial charge is 0.367 e. The smallest absolute Gasteiger partial charge is 0.219 e. The van der Waals surface area contributed by atoms with E-state index in [-0.39, 0.29) is 5.91 Å². The Kier molecular flexibility index (Phi) is 4.76. The monoisotopic (exact) mass is 330 g/mol. The third kappa shape index (κ3) is 3.99. The van der Waals surface area contributed by atoms with Gasteiger partial charge >= 0.3 is 0 Å². The Balaban J connectivity index is 1.68. The maximum atomic E-state index is 11.4. The molecule has 1 saturated heterocycles. The summed E-state index contributed by atoms with van der Waals surface area (Å²) in [5.74, 6) is 0.949. The summed E-state index contributed by atoms with van der Waals surface area (Å²) in [5.41, 5.74) is 1.81.